The SMILES string of the molecule is Cc1nc(-c2ccc(N3CCN(C(=O)Cc4ccc(-c5ccccc5)cc4)CC3)nc2)no1. The predicted octanol–water partition coefficient (Wildman–Crippen LogP) is 4.00. The molecule has 2 aromatic carbocycles. The maximum absolute atomic E-state index is 12.8. The average Bonchev–Trinajstić information content (AvgIpc) is 3.31. The van der Waals surface area contributed by atoms with Gasteiger partial charge in [-0.05, 0) is 28.8 Å². The predicted molar refractivity (Wildman–Crippen MR) is 127 cm³/mol. The summed E-state index contributed by atoms with van der Waals surface area (Å²) >= 11 is 0. The number of carbonyl (C=O) groups is 1. The highest BCUT2D eigenvalue weighted by molar-refractivity contribution is 5.79. The largest absolute Gasteiger partial charge is 0.353 e. The normalized spacial score (nSPS) is 13.8. The Morgan fingerprint density at radius 1 is 0.879 bits per heavy atom. The highest BCUT2D eigenvalue weighted by Crippen LogP contribution is 2.21. The minimum atomic E-state index is 0.165. The van der Waals surface area contributed by atoms with Crippen LogP contribution in [0.4, 0.5) is 5.82 Å². The smallest absolute Gasteiger partial charge is 0.227 e. The third-order valence-electron chi connectivity index (χ3n) is 5.91. The molecule has 1 aliphatic heterocycles. The summed E-state index contributed by atoms with van der Waals surface area (Å²) in [5.41, 5.74) is 4.20. The second kappa shape index (κ2) is 9.24. The summed E-state index contributed by atoms with van der Waals surface area (Å²) in [6.45, 7) is 4.65. The van der Waals surface area contributed by atoms with Crippen molar-refractivity contribution in [3.8, 4) is 22.5 Å². The molecule has 166 valence electrons. The fourth-order valence-corrected chi connectivity index (χ4v) is 4.04. The van der Waals surface area contributed by atoms with Crippen molar-refractivity contribution in [3.05, 3.63) is 84.4 Å². The Labute approximate surface area is 192 Å². The lowest BCUT2D eigenvalue weighted by Crippen LogP contribution is -2.49. The molecule has 0 unspecified atom stereocenters. The van der Waals surface area contributed by atoms with Crippen LogP contribution in [0.3, 0.4) is 0 Å². The molecule has 1 aliphatic rings. The number of pyridine rings is 1. The lowest BCUT2D eigenvalue weighted by molar-refractivity contribution is -0.130. The molecule has 0 N–H and O–H groups in total. The Morgan fingerprint density at radius 2 is 1.58 bits per heavy atom. The molecule has 5 rings (SSSR count). The molecule has 0 radical (unpaired) electrons. The van der Waals surface area contributed by atoms with E-state index in [-0.39, 0.29) is 5.91 Å². The molecular formula is C26H25N5O2. The van der Waals surface area contributed by atoms with E-state index in [4.69, 9.17) is 4.52 Å². The van der Waals surface area contributed by atoms with Crippen LogP contribution in [-0.2, 0) is 11.2 Å². The number of benzene rings is 2. The van der Waals surface area contributed by atoms with E-state index in [0.717, 1.165) is 35.6 Å². The molecule has 2 aromatic heterocycles. The Hall–Kier alpha value is -4.00. The standard InChI is InChI=1S/C26H25N5O2/c1-19-28-26(29-33-19)23-11-12-24(27-18-23)30-13-15-31(16-14-30)25(32)17-20-7-9-22(10-8-20)21-5-3-2-4-6-21/h2-12,18H,13-17H2,1H3. The fourth-order valence-electron chi connectivity index (χ4n) is 4.04. The Bertz CT molecular complexity index is 1210. The number of amides is 1. The summed E-state index contributed by atoms with van der Waals surface area (Å²) in [6.07, 6.45) is 2.18. The number of hydrogen-bond acceptors (Lipinski definition) is 6. The second-order valence-corrected chi connectivity index (χ2v) is 8.15. The van der Waals surface area contributed by atoms with Gasteiger partial charge < -0.3 is 14.3 Å². The molecule has 0 saturated carbocycles. The van der Waals surface area contributed by atoms with E-state index < -0.39 is 0 Å². The first kappa shape index (κ1) is 20.9. The number of nitrogens with zero attached hydrogens (tertiary/aromatic N) is 5. The zero-order valence-electron chi connectivity index (χ0n) is 18.5. The molecule has 3 heterocycles. The number of hydrogen-bond donors (Lipinski definition) is 0. The first-order valence-corrected chi connectivity index (χ1v) is 11.1. The maximum Gasteiger partial charge on any atom is 0.227 e. The van der Waals surface area contributed by atoms with Crippen molar-refractivity contribution < 1.29 is 9.32 Å². The van der Waals surface area contributed by atoms with Crippen molar-refractivity contribution in [2.24, 2.45) is 0 Å². The molecule has 0 spiro atoms. The van der Waals surface area contributed by atoms with Gasteiger partial charge in [-0.15, -0.1) is 0 Å². The van der Waals surface area contributed by atoms with Gasteiger partial charge in [-0.2, -0.15) is 4.98 Å². The third-order valence-corrected chi connectivity index (χ3v) is 5.91. The van der Waals surface area contributed by atoms with Crippen molar-refractivity contribution >= 4 is 11.7 Å². The van der Waals surface area contributed by atoms with Crippen molar-refractivity contribution in [1.82, 2.24) is 20.0 Å². The summed E-state index contributed by atoms with van der Waals surface area (Å²) < 4.78 is 5.03. The van der Waals surface area contributed by atoms with Crippen LogP contribution in [0.25, 0.3) is 22.5 Å². The van der Waals surface area contributed by atoms with Gasteiger partial charge in [-0.25, -0.2) is 4.98 Å². The topological polar surface area (TPSA) is 75.4 Å². The van der Waals surface area contributed by atoms with E-state index in [2.05, 4.69) is 44.3 Å². The Kier molecular flexibility index (Phi) is 5.85. The van der Waals surface area contributed by atoms with Gasteiger partial charge in [0, 0.05) is 44.9 Å². The van der Waals surface area contributed by atoms with E-state index in [1.54, 1.807) is 13.1 Å². The number of piperazine rings is 1. The van der Waals surface area contributed by atoms with Gasteiger partial charge in [0.1, 0.15) is 5.82 Å². The Morgan fingerprint density at radius 3 is 2.21 bits per heavy atom. The van der Waals surface area contributed by atoms with Gasteiger partial charge in [0.25, 0.3) is 0 Å². The summed E-state index contributed by atoms with van der Waals surface area (Å²) in [5, 5.41) is 3.93. The van der Waals surface area contributed by atoms with Crippen LogP contribution in [-0.4, -0.2) is 52.1 Å². The summed E-state index contributed by atoms with van der Waals surface area (Å²) in [5.74, 6) is 2.13. The molecule has 4 aromatic rings. The highest BCUT2D eigenvalue weighted by atomic mass is 16.5. The molecule has 7 nitrogen and oxygen atoms in total. The zero-order chi connectivity index (χ0) is 22.6. The van der Waals surface area contributed by atoms with Gasteiger partial charge in [-0.1, -0.05) is 59.8 Å². The van der Waals surface area contributed by atoms with Gasteiger partial charge in [0.15, 0.2) is 0 Å². The van der Waals surface area contributed by atoms with Crippen LogP contribution in [0.1, 0.15) is 11.5 Å². The lowest BCUT2D eigenvalue weighted by atomic mass is 10.0. The molecular weight excluding hydrogens is 414 g/mol. The van der Waals surface area contributed by atoms with Crippen LogP contribution in [0, 0.1) is 6.92 Å². The quantitative estimate of drug-likeness (QED) is 0.468. The highest BCUT2D eigenvalue weighted by Gasteiger charge is 2.22. The Balaban J connectivity index is 1.15. The van der Waals surface area contributed by atoms with E-state index >= 15 is 0 Å². The maximum atomic E-state index is 12.8. The number of carbonyl (C=O) groups excluding carboxylic acids is 1. The van der Waals surface area contributed by atoms with Crippen molar-refractivity contribution in [2.45, 2.75) is 13.3 Å². The van der Waals surface area contributed by atoms with E-state index in [0.29, 0.717) is 31.2 Å². The molecule has 0 aliphatic carbocycles. The minimum absolute atomic E-state index is 0.165. The van der Waals surface area contributed by atoms with Crippen molar-refractivity contribution in [1.29, 1.82) is 0 Å². The molecule has 7 heteroatoms. The van der Waals surface area contributed by atoms with Crippen LogP contribution in [0.15, 0.2) is 77.4 Å². The summed E-state index contributed by atoms with van der Waals surface area (Å²) in [6, 6.07) is 22.4. The number of aromatic nitrogens is 3. The van der Waals surface area contributed by atoms with E-state index in [1.165, 1.54) is 5.56 Å². The number of anilines is 1. The fraction of sp³-hybridized carbons (Fsp3) is 0.231. The average molecular weight is 440 g/mol. The lowest BCUT2D eigenvalue weighted by Gasteiger charge is -2.35. The van der Waals surface area contributed by atoms with Crippen LogP contribution in [0.5, 0.6) is 0 Å². The van der Waals surface area contributed by atoms with Crippen LogP contribution >= 0.6 is 0 Å². The van der Waals surface area contributed by atoms with E-state index in [9.17, 15) is 4.79 Å². The zero-order valence-corrected chi connectivity index (χ0v) is 18.5. The number of aryl methyl sites for hydroxylation is 1. The van der Waals surface area contributed by atoms with Crippen molar-refractivity contribution in [2.75, 3.05) is 31.1 Å². The molecule has 1 saturated heterocycles. The van der Waals surface area contributed by atoms with Gasteiger partial charge in [0.05, 0.1) is 6.42 Å². The van der Waals surface area contributed by atoms with Crippen LogP contribution < -0.4 is 4.90 Å². The monoisotopic (exact) mass is 439 g/mol. The van der Waals surface area contributed by atoms with Crippen LogP contribution in [0.2, 0.25) is 0 Å². The minimum Gasteiger partial charge on any atom is -0.353 e. The van der Waals surface area contributed by atoms with E-state index in [1.807, 2.05) is 47.4 Å². The van der Waals surface area contributed by atoms with Crippen molar-refractivity contribution in [3.63, 3.8) is 0 Å². The summed E-state index contributed by atoms with van der Waals surface area (Å²) in [4.78, 5) is 25.8. The molecule has 1 fully saturated rings. The van der Waals surface area contributed by atoms with Gasteiger partial charge in [-0.3, -0.25) is 4.79 Å². The number of rotatable bonds is 5. The van der Waals surface area contributed by atoms with Gasteiger partial charge in [0.2, 0.25) is 17.6 Å². The molecule has 1 amide bonds. The molecule has 33 heavy (non-hydrogen) atoms. The second-order valence-electron chi connectivity index (χ2n) is 8.15. The third kappa shape index (κ3) is 4.77. The molecule has 0 atom stereocenters. The first-order valence-electron chi connectivity index (χ1n) is 11.1. The summed E-state index contributed by atoms with van der Waals surface area (Å²) in [7, 11) is 0. The van der Waals surface area contributed by atoms with Gasteiger partial charge >= 0.3 is 0 Å². The first-order chi connectivity index (χ1) is 16.2. The molecule has 0 bridgehead atoms.